The number of ether oxygens (including phenoxy) is 2. The van der Waals surface area contributed by atoms with Gasteiger partial charge in [-0.25, -0.2) is 0 Å². The molecule has 8 nitrogen and oxygen atoms in total. The van der Waals surface area contributed by atoms with Gasteiger partial charge in [0.05, 0.1) is 12.0 Å². The Hall–Kier alpha value is -4.15. The van der Waals surface area contributed by atoms with Crippen molar-refractivity contribution in [3.63, 3.8) is 0 Å². The molecule has 0 radical (unpaired) electrons. The van der Waals surface area contributed by atoms with Crippen molar-refractivity contribution in [1.82, 2.24) is 10.4 Å². The van der Waals surface area contributed by atoms with E-state index in [1.807, 2.05) is 31.2 Å². The molecule has 2 N–H and O–H groups in total. The van der Waals surface area contributed by atoms with E-state index in [2.05, 4.69) is 10.7 Å². The molecule has 1 fully saturated rings. The number of hydrogen-bond donors (Lipinski definition) is 2. The van der Waals surface area contributed by atoms with Gasteiger partial charge >= 0.3 is 0 Å². The van der Waals surface area contributed by atoms with Gasteiger partial charge in [0.15, 0.2) is 22.4 Å². The van der Waals surface area contributed by atoms with Gasteiger partial charge in [0.25, 0.3) is 17.7 Å². The maximum absolute atomic E-state index is 12.9. The Morgan fingerprint density at radius 2 is 1.76 bits per heavy atom. The molecule has 4 rings (SSSR count). The molecule has 3 aromatic carbocycles. The Balaban J connectivity index is 1.40. The minimum atomic E-state index is -0.439. The number of nitrogens with zero attached hydrogens (tertiary/aromatic N) is 1. The quantitative estimate of drug-likeness (QED) is 0.324. The molecule has 0 bridgehead atoms. The fraction of sp³-hybridized carbons (Fsp3) is 0.111. The number of nitrogens with one attached hydrogen (secondary N) is 2. The van der Waals surface area contributed by atoms with Crippen LogP contribution in [0.15, 0.2) is 77.7 Å². The summed E-state index contributed by atoms with van der Waals surface area (Å²) in [4.78, 5) is 37.9. The van der Waals surface area contributed by atoms with Gasteiger partial charge in [-0.3, -0.25) is 19.8 Å². The highest BCUT2D eigenvalue weighted by Crippen LogP contribution is 2.34. The van der Waals surface area contributed by atoms with E-state index in [0.717, 1.165) is 22.3 Å². The molecule has 1 aliphatic rings. The standard InChI is InChI=1S/C27H23N3O5S2/c1-17-8-11-20(12-9-17)28-24(31)16-35-21-13-10-18(14-22(21)34-2)15-23-26(33)30(27(36)37-23)29-25(32)19-6-4-3-5-7-19/h3-15H,16H2,1-2H3,(H,28,31)(H,29,32)/b23-15-. The third-order valence-electron chi connectivity index (χ3n) is 5.22. The predicted molar refractivity (Wildman–Crippen MR) is 147 cm³/mol. The molecule has 1 saturated heterocycles. The molecule has 0 aliphatic carbocycles. The predicted octanol–water partition coefficient (Wildman–Crippen LogP) is 4.57. The van der Waals surface area contributed by atoms with Crippen molar-refractivity contribution in [2.45, 2.75) is 6.92 Å². The number of thiocarbonyl (C=S) groups is 1. The molecule has 3 aromatic rings. The van der Waals surface area contributed by atoms with Crippen molar-refractivity contribution < 1.29 is 23.9 Å². The zero-order chi connectivity index (χ0) is 26.4. The summed E-state index contributed by atoms with van der Waals surface area (Å²) in [5.74, 6) is -0.415. The van der Waals surface area contributed by atoms with Gasteiger partial charge in [-0.05, 0) is 67.2 Å². The lowest BCUT2D eigenvalue weighted by atomic mass is 10.2. The Morgan fingerprint density at radius 1 is 1.03 bits per heavy atom. The number of aryl methyl sites for hydroxylation is 1. The average molecular weight is 534 g/mol. The van der Waals surface area contributed by atoms with Crippen LogP contribution in [0.3, 0.4) is 0 Å². The summed E-state index contributed by atoms with van der Waals surface area (Å²) in [7, 11) is 1.48. The largest absolute Gasteiger partial charge is 0.493 e. The van der Waals surface area contributed by atoms with E-state index in [9.17, 15) is 14.4 Å². The molecular formula is C27H23N3O5S2. The van der Waals surface area contributed by atoms with Crippen LogP contribution in [0.2, 0.25) is 0 Å². The number of rotatable bonds is 8. The van der Waals surface area contributed by atoms with Crippen molar-refractivity contribution in [2.75, 3.05) is 19.0 Å². The van der Waals surface area contributed by atoms with Gasteiger partial charge in [0.2, 0.25) is 0 Å². The van der Waals surface area contributed by atoms with E-state index in [1.165, 1.54) is 7.11 Å². The van der Waals surface area contributed by atoms with Crippen LogP contribution in [-0.4, -0.2) is 40.8 Å². The van der Waals surface area contributed by atoms with Crippen molar-refractivity contribution in [2.24, 2.45) is 0 Å². The van der Waals surface area contributed by atoms with Gasteiger partial charge in [-0.1, -0.05) is 53.7 Å². The summed E-state index contributed by atoms with van der Waals surface area (Å²) in [5.41, 5.74) is 5.39. The second kappa shape index (κ2) is 11.7. The zero-order valence-corrected chi connectivity index (χ0v) is 21.7. The fourth-order valence-electron chi connectivity index (χ4n) is 3.34. The maximum atomic E-state index is 12.9. The van der Waals surface area contributed by atoms with Gasteiger partial charge < -0.3 is 14.8 Å². The highest BCUT2D eigenvalue weighted by molar-refractivity contribution is 8.26. The number of benzene rings is 3. The maximum Gasteiger partial charge on any atom is 0.285 e. The highest BCUT2D eigenvalue weighted by atomic mass is 32.2. The number of hydrazine groups is 1. The van der Waals surface area contributed by atoms with Gasteiger partial charge in [-0.15, -0.1) is 0 Å². The number of amides is 3. The zero-order valence-electron chi connectivity index (χ0n) is 20.0. The van der Waals surface area contributed by atoms with E-state index >= 15 is 0 Å². The summed E-state index contributed by atoms with van der Waals surface area (Å²) in [6.07, 6.45) is 1.64. The third-order valence-corrected chi connectivity index (χ3v) is 6.52. The second-order valence-corrected chi connectivity index (χ2v) is 9.61. The van der Waals surface area contributed by atoms with Crippen LogP contribution in [0.25, 0.3) is 6.08 Å². The summed E-state index contributed by atoms with van der Waals surface area (Å²) in [6, 6.07) is 21.1. The lowest BCUT2D eigenvalue weighted by Gasteiger charge is -2.15. The van der Waals surface area contributed by atoms with Gasteiger partial charge in [-0.2, -0.15) is 5.01 Å². The van der Waals surface area contributed by atoms with Crippen LogP contribution in [0.5, 0.6) is 11.5 Å². The van der Waals surface area contributed by atoms with Crippen LogP contribution >= 0.6 is 24.0 Å². The number of carbonyl (C=O) groups is 3. The Kier molecular flexibility index (Phi) is 8.22. The summed E-state index contributed by atoms with van der Waals surface area (Å²) in [6.45, 7) is 1.76. The van der Waals surface area contributed by atoms with Crippen LogP contribution in [-0.2, 0) is 9.59 Å². The average Bonchev–Trinajstić information content (AvgIpc) is 3.16. The number of hydrogen-bond acceptors (Lipinski definition) is 7. The monoisotopic (exact) mass is 533 g/mol. The third kappa shape index (κ3) is 6.54. The Morgan fingerprint density at radius 3 is 2.46 bits per heavy atom. The topological polar surface area (TPSA) is 97.0 Å². The van der Waals surface area contributed by atoms with Crippen LogP contribution in [0.1, 0.15) is 21.5 Å². The Labute approximate surface area is 223 Å². The molecule has 0 saturated carbocycles. The number of anilines is 1. The minimum absolute atomic E-state index is 0.205. The first kappa shape index (κ1) is 25.9. The van der Waals surface area contributed by atoms with Crippen LogP contribution in [0.4, 0.5) is 5.69 Å². The molecule has 3 amide bonds. The second-order valence-electron chi connectivity index (χ2n) is 7.94. The van der Waals surface area contributed by atoms with Crippen molar-refractivity contribution in [3.8, 4) is 11.5 Å². The number of carbonyl (C=O) groups excluding carboxylic acids is 3. The molecule has 37 heavy (non-hydrogen) atoms. The highest BCUT2D eigenvalue weighted by Gasteiger charge is 2.33. The van der Waals surface area contributed by atoms with Crippen molar-refractivity contribution in [3.05, 3.63) is 94.4 Å². The molecule has 0 unspecified atom stereocenters. The van der Waals surface area contributed by atoms with E-state index in [1.54, 1.807) is 54.6 Å². The number of thioether (sulfide) groups is 1. The number of methoxy groups -OCH3 is 1. The molecule has 0 atom stereocenters. The van der Waals surface area contributed by atoms with Crippen LogP contribution < -0.4 is 20.2 Å². The molecule has 1 aliphatic heterocycles. The lowest BCUT2D eigenvalue weighted by Crippen LogP contribution is -2.44. The van der Waals surface area contributed by atoms with E-state index < -0.39 is 11.8 Å². The summed E-state index contributed by atoms with van der Waals surface area (Å²) >= 11 is 6.37. The summed E-state index contributed by atoms with van der Waals surface area (Å²) in [5, 5.41) is 3.83. The van der Waals surface area contributed by atoms with Crippen LogP contribution in [0, 0.1) is 6.92 Å². The first-order valence-electron chi connectivity index (χ1n) is 11.2. The first-order chi connectivity index (χ1) is 17.8. The normalized spacial score (nSPS) is 14.0. The SMILES string of the molecule is COc1cc(/C=C2\SC(=S)N(NC(=O)c3ccccc3)C2=O)ccc1OCC(=O)Nc1ccc(C)cc1. The van der Waals surface area contributed by atoms with E-state index in [0.29, 0.717) is 33.2 Å². The van der Waals surface area contributed by atoms with Crippen molar-refractivity contribution >= 4 is 57.8 Å². The fourth-order valence-corrected chi connectivity index (χ4v) is 4.52. The van der Waals surface area contributed by atoms with E-state index in [-0.39, 0.29) is 16.8 Å². The minimum Gasteiger partial charge on any atom is -0.493 e. The summed E-state index contributed by atoms with van der Waals surface area (Å²) < 4.78 is 11.3. The molecule has 0 spiro atoms. The van der Waals surface area contributed by atoms with E-state index in [4.69, 9.17) is 21.7 Å². The van der Waals surface area contributed by atoms with Gasteiger partial charge in [0, 0.05) is 11.3 Å². The molecule has 0 aromatic heterocycles. The van der Waals surface area contributed by atoms with Crippen molar-refractivity contribution in [1.29, 1.82) is 0 Å². The molecule has 1 heterocycles. The molecule has 10 heteroatoms. The Bertz CT molecular complexity index is 1370. The first-order valence-corrected chi connectivity index (χ1v) is 12.4. The molecule has 188 valence electrons. The molecular weight excluding hydrogens is 510 g/mol. The lowest BCUT2D eigenvalue weighted by molar-refractivity contribution is -0.123. The van der Waals surface area contributed by atoms with Gasteiger partial charge in [0.1, 0.15) is 0 Å². The smallest absolute Gasteiger partial charge is 0.285 e.